The Hall–Kier alpha value is 1.03. The van der Waals surface area contributed by atoms with Crippen molar-refractivity contribution in [3.63, 3.8) is 0 Å². The van der Waals surface area contributed by atoms with Crippen molar-refractivity contribution in [2.24, 2.45) is 0 Å². The molecule has 1 aromatic rings. The van der Waals surface area contributed by atoms with Crippen LogP contribution in [0.1, 0.15) is 5.56 Å². The Morgan fingerprint density at radius 1 is 1.14 bits per heavy atom. The van der Waals surface area contributed by atoms with Crippen molar-refractivity contribution in [2.45, 2.75) is 0 Å². The van der Waals surface area contributed by atoms with E-state index in [1.807, 2.05) is 36.4 Å². The summed E-state index contributed by atoms with van der Waals surface area (Å²) < 4.78 is 25.3. The van der Waals surface area contributed by atoms with Gasteiger partial charge in [-0.05, 0) is 5.56 Å². The van der Waals surface area contributed by atoms with Crippen LogP contribution in [0.15, 0.2) is 36.9 Å². The molecule has 66 valence electrons. The van der Waals surface area contributed by atoms with Gasteiger partial charge in [-0.15, -0.1) is 11.4 Å². The van der Waals surface area contributed by atoms with E-state index >= 15 is 0 Å². The smallest absolute Gasteiger partial charge is 0.784 e. The average molecular weight is 230 g/mol. The first-order valence-electron chi connectivity index (χ1n) is 3.11. The molecule has 0 heterocycles. The van der Waals surface area contributed by atoms with Gasteiger partial charge in [0.05, 0.1) is 0 Å². The molecule has 0 spiro atoms. The molecule has 0 saturated carbocycles. The maximum atomic E-state index is 8.44. The van der Waals surface area contributed by atoms with Gasteiger partial charge in [0, 0.05) is 0 Å². The molecule has 0 aliphatic carbocycles. The zero-order valence-electron chi connectivity index (χ0n) is 8.30. The Bertz CT molecular complexity index is 250. The van der Waals surface area contributed by atoms with Crippen molar-refractivity contribution in [2.75, 3.05) is 0 Å². The molecule has 0 radical (unpaired) electrons. The monoisotopic (exact) mass is 230 g/mol. The first-order chi connectivity index (χ1) is 5.66. The topological polar surface area (TPSA) is 63.2 Å². The summed E-state index contributed by atoms with van der Waals surface area (Å²) in [6.45, 7) is 3.63. The minimum absolute atomic E-state index is 0. The Morgan fingerprint density at radius 2 is 1.50 bits per heavy atom. The van der Waals surface area contributed by atoms with E-state index in [2.05, 4.69) is 6.58 Å². The number of rotatable bonds is 1. The van der Waals surface area contributed by atoms with Crippen LogP contribution >= 0.6 is 0 Å². The summed E-state index contributed by atoms with van der Waals surface area (Å²) in [5, 5.41) is 0. The zero-order chi connectivity index (χ0) is 9.40. The third kappa shape index (κ3) is 15.5. The van der Waals surface area contributed by atoms with Crippen molar-refractivity contribution < 1.29 is 72.4 Å². The third-order valence-electron chi connectivity index (χ3n) is 1.04. The minimum Gasteiger partial charge on any atom is -0.784 e. The summed E-state index contributed by atoms with van der Waals surface area (Å²) in [6, 6.07) is 10.0. The van der Waals surface area contributed by atoms with Gasteiger partial charge >= 0.3 is 59.1 Å². The third-order valence-corrected chi connectivity index (χ3v) is 1.04. The molecule has 0 N–H and O–H groups in total. The predicted octanol–water partition coefficient (Wildman–Crippen LogP) is -4.67. The normalized spacial score (nSPS) is 7.36. The summed E-state index contributed by atoms with van der Waals surface area (Å²) in [6.07, 6.45) is 1.83. The quantitative estimate of drug-likeness (QED) is 0.360. The van der Waals surface area contributed by atoms with E-state index < -0.39 is 11.4 Å². The molecule has 0 unspecified atom stereocenters. The van der Waals surface area contributed by atoms with Gasteiger partial charge in [0.1, 0.15) is 0 Å². The zero-order valence-corrected chi connectivity index (χ0v) is 13.1. The summed E-state index contributed by atoms with van der Waals surface area (Å²) >= 11 is -3.11. The second-order valence-electron chi connectivity index (χ2n) is 1.82. The molecule has 3 nitrogen and oxygen atoms in total. The van der Waals surface area contributed by atoms with Crippen molar-refractivity contribution >= 4 is 17.4 Å². The van der Waals surface area contributed by atoms with E-state index in [4.69, 9.17) is 13.3 Å². The Kier molecular flexibility index (Phi) is 20.5. The Morgan fingerprint density at radius 3 is 1.71 bits per heavy atom. The van der Waals surface area contributed by atoms with Gasteiger partial charge in [0.15, 0.2) is 0 Å². The van der Waals surface area contributed by atoms with E-state index in [-0.39, 0.29) is 59.1 Å². The Labute approximate surface area is 131 Å². The van der Waals surface area contributed by atoms with E-state index in [1.165, 1.54) is 5.56 Å². The van der Waals surface area contributed by atoms with Crippen molar-refractivity contribution in [3.05, 3.63) is 42.5 Å². The number of benzene rings is 1. The molecule has 0 aromatic heterocycles. The van der Waals surface area contributed by atoms with Crippen LogP contribution in [0.25, 0.3) is 6.08 Å². The maximum Gasteiger partial charge on any atom is 1.00 e. The van der Waals surface area contributed by atoms with Crippen LogP contribution in [-0.2, 0) is 11.4 Å². The maximum absolute atomic E-state index is 8.44. The van der Waals surface area contributed by atoms with Gasteiger partial charge in [-0.2, -0.15) is 0 Å². The van der Waals surface area contributed by atoms with E-state index in [0.717, 1.165) is 0 Å². The molecule has 1 rings (SSSR count). The second kappa shape index (κ2) is 14.0. The molecule has 0 fully saturated rings. The molecule has 0 atom stereocenters. The van der Waals surface area contributed by atoms with E-state index in [9.17, 15) is 0 Å². The molecule has 1 aromatic carbocycles. The van der Waals surface area contributed by atoms with Gasteiger partial charge in [-0.25, -0.2) is 0 Å². The molecular weight excluding hydrogens is 222 g/mol. The largest absolute Gasteiger partial charge is 1.00 e. The van der Waals surface area contributed by atoms with E-state index in [0.29, 0.717) is 0 Å². The molecular formula is C8H8Na2O3S. The van der Waals surface area contributed by atoms with Crippen LogP contribution in [0, 0.1) is 0 Å². The van der Waals surface area contributed by atoms with Crippen LogP contribution in [0.2, 0.25) is 0 Å². The summed E-state index contributed by atoms with van der Waals surface area (Å²) in [5.74, 6) is 0. The van der Waals surface area contributed by atoms with Gasteiger partial charge in [-0.1, -0.05) is 43.0 Å². The summed E-state index contributed by atoms with van der Waals surface area (Å²) in [4.78, 5) is 0. The first kappa shape index (κ1) is 20.4. The fourth-order valence-electron chi connectivity index (χ4n) is 0.589. The fourth-order valence-corrected chi connectivity index (χ4v) is 0.589. The SMILES string of the molecule is C=Cc1ccccc1.O=S([O-])[O-].[Na+].[Na+]. The summed E-state index contributed by atoms with van der Waals surface area (Å²) in [7, 11) is 0. The fraction of sp³-hybridized carbons (Fsp3) is 0. The molecule has 0 amide bonds. The molecule has 0 bridgehead atoms. The van der Waals surface area contributed by atoms with Crippen LogP contribution < -0.4 is 59.1 Å². The molecule has 0 saturated heterocycles. The molecule has 6 heteroatoms. The van der Waals surface area contributed by atoms with Gasteiger partial charge in [0.2, 0.25) is 0 Å². The van der Waals surface area contributed by atoms with Crippen LogP contribution in [0.4, 0.5) is 0 Å². The van der Waals surface area contributed by atoms with Gasteiger partial charge < -0.3 is 9.11 Å². The van der Waals surface area contributed by atoms with Gasteiger partial charge in [0.25, 0.3) is 0 Å². The average Bonchev–Trinajstić information content (AvgIpc) is 2.05. The summed E-state index contributed by atoms with van der Waals surface area (Å²) in [5.41, 5.74) is 1.17. The molecule has 0 aliphatic heterocycles. The van der Waals surface area contributed by atoms with E-state index in [1.54, 1.807) is 0 Å². The first-order valence-corrected chi connectivity index (χ1v) is 4.11. The van der Waals surface area contributed by atoms with Crippen molar-refractivity contribution in [1.82, 2.24) is 0 Å². The van der Waals surface area contributed by atoms with Crippen LogP contribution in [0.3, 0.4) is 0 Å². The van der Waals surface area contributed by atoms with Gasteiger partial charge in [-0.3, -0.25) is 4.21 Å². The minimum atomic E-state index is -3.11. The molecule has 14 heavy (non-hydrogen) atoms. The predicted molar refractivity (Wildman–Crippen MR) is 46.2 cm³/mol. The Balaban J connectivity index is -0.000000180. The van der Waals surface area contributed by atoms with Crippen LogP contribution in [-0.4, -0.2) is 13.3 Å². The standard InChI is InChI=1S/C8H8.2Na.H2O3S/c1-2-8-6-4-3-5-7-8;;;1-4(2)3/h2-7H,1H2;;;(H2,1,2,3)/q;2*+1;/p-2. The second-order valence-corrected chi connectivity index (χ2v) is 2.23. The van der Waals surface area contributed by atoms with Crippen molar-refractivity contribution in [1.29, 1.82) is 0 Å². The number of hydrogen-bond donors (Lipinski definition) is 0. The molecule has 0 aliphatic rings. The number of hydrogen-bond acceptors (Lipinski definition) is 3. The van der Waals surface area contributed by atoms with Crippen molar-refractivity contribution in [3.8, 4) is 0 Å². The van der Waals surface area contributed by atoms with Crippen LogP contribution in [0.5, 0.6) is 0 Å².